The van der Waals surface area contributed by atoms with E-state index >= 15 is 0 Å². The first-order valence-corrected chi connectivity index (χ1v) is 9.77. The molecule has 0 amide bonds. The van der Waals surface area contributed by atoms with E-state index < -0.39 is 15.9 Å². The Morgan fingerprint density at radius 1 is 1.04 bits per heavy atom. The van der Waals surface area contributed by atoms with Crippen molar-refractivity contribution >= 4 is 16.1 Å². The van der Waals surface area contributed by atoms with Crippen molar-refractivity contribution in [3.63, 3.8) is 0 Å². The highest BCUT2D eigenvalue weighted by atomic mass is 32.2. The van der Waals surface area contributed by atoms with Crippen LogP contribution < -0.4 is 4.74 Å². The fourth-order valence-corrected chi connectivity index (χ4v) is 2.95. The second kappa shape index (κ2) is 10.4. The molecule has 0 bridgehead atoms. The van der Waals surface area contributed by atoms with Crippen molar-refractivity contribution in [3.05, 3.63) is 29.8 Å². The predicted octanol–water partition coefficient (Wildman–Crippen LogP) is 4.12. The van der Waals surface area contributed by atoms with Crippen molar-refractivity contribution in [3.8, 4) is 5.75 Å². The summed E-state index contributed by atoms with van der Waals surface area (Å²) in [5.41, 5.74) is 0.280. The van der Waals surface area contributed by atoms with Crippen LogP contribution >= 0.6 is 0 Å². The van der Waals surface area contributed by atoms with Crippen molar-refractivity contribution in [1.82, 2.24) is 0 Å². The van der Waals surface area contributed by atoms with Gasteiger partial charge < -0.3 is 4.74 Å². The summed E-state index contributed by atoms with van der Waals surface area (Å²) in [4.78, 5) is 11.8. The van der Waals surface area contributed by atoms with Gasteiger partial charge in [0.15, 0.2) is 0 Å². The number of hydrogen-bond donors (Lipinski definition) is 1. The minimum Gasteiger partial charge on any atom is -0.426 e. The van der Waals surface area contributed by atoms with E-state index in [-0.39, 0.29) is 17.3 Å². The molecule has 0 spiro atoms. The van der Waals surface area contributed by atoms with Crippen LogP contribution in [0.4, 0.5) is 0 Å². The molecule has 0 aliphatic carbocycles. The van der Waals surface area contributed by atoms with Gasteiger partial charge in [0, 0.05) is 12.0 Å². The van der Waals surface area contributed by atoms with Gasteiger partial charge in [-0.3, -0.25) is 9.35 Å². The summed E-state index contributed by atoms with van der Waals surface area (Å²) in [6.45, 7) is 2.18. The summed E-state index contributed by atoms with van der Waals surface area (Å²) >= 11 is 0. The van der Waals surface area contributed by atoms with Crippen LogP contribution in [0.15, 0.2) is 24.3 Å². The van der Waals surface area contributed by atoms with E-state index in [4.69, 9.17) is 9.29 Å². The third-order valence-corrected chi connectivity index (χ3v) is 4.19. The van der Waals surface area contributed by atoms with Crippen LogP contribution in [0, 0.1) is 0 Å². The molecule has 0 aromatic heterocycles. The second-order valence-corrected chi connectivity index (χ2v) is 7.13. The van der Waals surface area contributed by atoms with Crippen LogP contribution in [0.3, 0.4) is 0 Å². The second-order valence-electron chi connectivity index (χ2n) is 5.68. The zero-order valence-corrected chi connectivity index (χ0v) is 14.5. The average Bonchev–Trinajstić information content (AvgIpc) is 2.47. The lowest BCUT2D eigenvalue weighted by Crippen LogP contribution is -2.10. The standard InChI is InChI=1S/C17H26O5S/c1-2-3-4-5-6-7-8-13-17(18)22-16-12-10-9-11-15(16)14-23(19,20)21/h9-12H,2-8,13-14H2,1H3,(H,19,20,21). The first-order chi connectivity index (χ1) is 10.9. The Labute approximate surface area is 138 Å². The van der Waals surface area contributed by atoms with Gasteiger partial charge >= 0.3 is 5.97 Å². The molecule has 1 aromatic carbocycles. The van der Waals surface area contributed by atoms with Crippen molar-refractivity contribution < 1.29 is 22.5 Å². The lowest BCUT2D eigenvalue weighted by molar-refractivity contribution is -0.134. The number of unbranched alkanes of at least 4 members (excludes halogenated alkanes) is 6. The van der Waals surface area contributed by atoms with Gasteiger partial charge in [-0.15, -0.1) is 0 Å². The van der Waals surface area contributed by atoms with Crippen molar-refractivity contribution in [2.75, 3.05) is 0 Å². The molecule has 6 heteroatoms. The van der Waals surface area contributed by atoms with Gasteiger partial charge in [0.1, 0.15) is 11.5 Å². The Morgan fingerprint density at radius 2 is 1.65 bits per heavy atom. The van der Waals surface area contributed by atoms with Crippen LogP contribution in [-0.2, 0) is 20.7 Å². The van der Waals surface area contributed by atoms with E-state index in [9.17, 15) is 13.2 Å². The Balaban J connectivity index is 2.37. The monoisotopic (exact) mass is 342 g/mol. The normalized spacial score (nSPS) is 11.4. The highest BCUT2D eigenvalue weighted by Crippen LogP contribution is 2.21. The summed E-state index contributed by atoms with van der Waals surface area (Å²) in [6.07, 6.45) is 8.10. The fourth-order valence-electron chi connectivity index (χ4n) is 2.32. The first-order valence-electron chi connectivity index (χ1n) is 8.16. The van der Waals surface area contributed by atoms with Crippen LogP contribution in [0.25, 0.3) is 0 Å². The molecule has 0 unspecified atom stereocenters. The maximum Gasteiger partial charge on any atom is 0.311 e. The third-order valence-electron chi connectivity index (χ3n) is 3.52. The van der Waals surface area contributed by atoms with Crippen molar-refractivity contribution in [1.29, 1.82) is 0 Å². The summed E-state index contributed by atoms with van der Waals surface area (Å²) in [5, 5.41) is 0. The highest BCUT2D eigenvalue weighted by Gasteiger charge is 2.14. The van der Waals surface area contributed by atoms with E-state index in [1.165, 1.54) is 37.8 Å². The zero-order valence-electron chi connectivity index (χ0n) is 13.7. The Hall–Kier alpha value is -1.40. The van der Waals surface area contributed by atoms with E-state index in [1.54, 1.807) is 12.1 Å². The van der Waals surface area contributed by atoms with Crippen molar-refractivity contribution in [2.24, 2.45) is 0 Å². The van der Waals surface area contributed by atoms with Gasteiger partial charge in [-0.05, 0) is 12.5 Å². The molecule has 23 heavy (non-hydrogen) atoms. The number of benzene rings is 1. The van der Waals surface area contributed by atoms with E-state index in [0.29, 0.717) is 6.42 Å². The van der Waals surface area contributed by atoms with Gasteiger partial charge in [0.2, 0.25) is 0 Å². The molecule has 5 nitrogen and oxygen atoms in total. The molecule has 0 saturated carbocycles. The third kappa shape index (κ3) is 9.36. The van der Waals surface area contributed by atoms with E-state index in [1.807, 2.05) is 0 Å². The van der Waals surface area contributed by atoms with Gasteiger partial charge in [-0.25, -0.2) is 0 Å². The molecule has 0 aliphatic rings. The topological polar surface area (TPSA) is 80.7 Å². The molecule has 0 fully saturated rings. The molecular weight excluding hydrogens is 316 g/mol. The number of esters is 1. The number of carbonyl (C=O) groups excluding carboxylic acids is 1. The quantitative estimate of drug-likeness (QED) is 0.283. The maximum atomic E-state index is 11.8. The van der Waals surface area contributed by atoms with Crippen molar-refractivity contribution in [2.45, 2.75) is 64.0 Å². The smallest absolute Gasteiger partial charge is 0.311 e. The lowest BCUT2D eigenvalue weighted by atomic mass is 10.1. The van der Waals surface area contributed by atoms with E-state index in [2.05, 4.69) is 6.92 Å². The number of para-hydroxylation sites is 1. The van der Waals surface area contributed by atoms with Crippen LogP contribution in [0.1, 0.15) is 63.9 Å². The largest absolute Gasteiger partial charge is 0.426 e. The number of hydrogen-bond acceptors (Lipinski definition) is 4. The van der Waals surface area contributed by atoms with Gasteiger partial charge in [-0.2, -0.15) is 8.42 Å². The van der Waals surface area contributed by atoms with Gasteiger partial charge in [0.05, 0.1) is 0 Å². The first kappa shape index (κ1) is 19.6. The van der Waals surface area contributed by atoms with Crippen LogP contribution in [0.5, 0.6) is 5.75 Å². The summed E-state index contributed by atoms with van der Waals surface area (Å²) in [6, 6.07) is 6.34. The van der Waals surface area contributed by atoms with Crippen LogP contribution in [0.2, 0.25) is 0 Å². The summed E-state index contributed by atoms with van der Waals surface area (Å²) in [5.74, 6) is -0.743. The fraction of sp³-hybridized carbons (Fsp3) is 0.588. The SMILES string of the molecule is CCCCCCCCCC(=O)Oc1ccccc1CS(=O)(=O)O. The van der Waals surface area contributed by atoms with Gasteiger partial charge in [-0.1, -0.05) is 63.6 Å². The molecule has 1 rings (SSSR count). The lowest BCUT2D eigenvalue weighted by Gasteiger charge is -2.09. The Kier molecular flexibility index (Phi) is 8.87. The van der Waals surface area contributed by atoms with Crippen LogP contribution in [-0.4, -0.2) is 18.9 Å². The molecular formula is C17H26O5S. The Bertz CT molecular complexity index is 580. The summed E-state index contributed by atoms with van der Waals surface area (Å²) < 4.78 is 36.1. The number of rotatable bonds is 11. The Morgan fingerprint density at radius 3 is 2.30 bits per heavy atom. The molecule has 0 aliphatic heterocycles. The average molecular weight is 342 g/mol. The summed E-state index contributed by atoms with van der Waals surface area (Å²) in [7, 11) is -4.16. The molecule has 0 saturated heterocycles. The molecule has 0 heterocycles. The maximum absolute atomic E-state index is 11.8. The highest BCUT2D eigenvalue weighted by molar-refractivity contribution is 7.85. The number of carbonyl (C=O) groups is 1. The van der Waals surface area contributed by atoms with E-state index in [0.717, 1.165) is 19.3 Å². The zero-order chi connectivity index (χ0) is 17.1. The molecule has 1 N–H and O–H groups in total. The number of ether oxygens (including phenoxy) is 1. The molecule has 0 radical (unpaired) electrons. The minimum atomic E-state index is -4.16. The molecule has 0 atom stereocenters. The molecule has 1 aromatic rings. The predicted molar refractivity (Wildman–Crippen MR) is 89.9 cm³/mol. The molecule has 130 valence electrons. The van der Waals surface area contributed by atoms with Gasteiger partial charge in [0.25, 0.3) is 10.1 Å². The minimum absolute atomic E-state index is 0.193.